The third kappa shape index (κ3) is 1.83. The fraction of sp³-hybridized carbons (Fsp3) is 0.100. The molecule has 0 amide bonds. The van der Waals surface area contributed by atoms with E-state index in [-0.39, 0.29) is 5.52 Å². The number of H-pyrrole nitrogens is 1. The number of aromatic nitrogens is 1. The van der Waals surface area contributed by atoms with Crippen LogP contribution in [0.25, 0.3) is 10.9 Å². The third-order valence-electron chi connectivity index (χ3n) is 2.27. The number of hydrogen-bond donors (Lipinski definition) is 2. The summed E-state index contributed by atoms with van der Waals surface area (Å²) in [4.78, 5) is 12.9. The first kappa shape index (κ1) is 11.4. The lowest BCUT2D eigenvalue weighted by molar-refractivity contribution is -0.138. The van der Waals surface area contributed by atoms with Crippen molar-refractivity contribution in [3.63, 3.8) is 0 Å². The van der Waals surface area contributed by atoms with Crippen molar-refractivity contribution in [1.82, 2.24) is 4.98 Å². The van der Waals surface area contributed by atoms with Crippen molar-refractivity contribution in [3.8, 4) is 0 Å². The van der Waals surface area contributed by atoms with Gasteiger partial charge < -0.3 is 10.1 Å². The van der Waals surface area contributed by atoms with E-state index in [1.165, 1.54) is 0 Å². The number of carbonyl (C=O) groups is 1. The second-order valence-corrected chi connectivity index (χ2v) is 3.37. The molecule has 1 aromatic heterocycles. The van der Waals surface area contributed by atoms with Crippen molar-refractivity contribution in [2.24, 2.45) is 0 Å². The van der Waals surface area contributed by atoms with Gasteiger partial charge in [0.1, 0.15) is 17.1 Å². The number of hydrogen-bond acceptors (Lipinski definition) is 1. The molecule has 1 aromatic carbocycles. The predicted octanol–water partition coefficient (Wildman–Crippen LogP) is 3.02. The van der Waals surface area contributed by atoms with Crippen molar-refractivity contribution in [2.45, 2.75) is 6.18 Å². The first-order chi connectivity index (χ1) is 7.80. The van der Waals surface area contributed by atoms with Crippen LogP contribution in [0.2, 0.25) is 0 Å². The van der Waals surface area contributed by atoms with Crippen LogP contribution < -0.4 is 0 Å². The van der Waals surface area contributed by atoms with Gasteiger partial charge in [-0.3, -0.25) is 0 Å². The minimum Gasteiger partial charge on any atom is -0.477 e. The van der Waals surface area contributed by atoms with Crippen LogP contribution in [0.15, 0.2) is 18.2 Å². The lowest BCUT2D eigenvalue weighted by Crippen LogP contribution is -2.08. The minimum atomic E-state index is -4.87. The highest BCUT2D eigenvalue weighted by molar-refractivity contribution is 5.95. The Morgan fingerprint density at radius 3 is 2.47 bits per heavy atom. The van der Waals surface area contributed by atoms with Gasteiger partial charge in [0.2, 0.25) is 0 Å². The summed E-state index contributed by atoms with van der Waals surface area (Å²) in [6.07, 6.45) is -4.87. The van der Waals surface area contributed by atoms with E-state index in [1.54, 1.807) is 0 Å². The first-order valence-electron chi connectivity index (χ1n) is 4.42. The Kier molecular flexibility index (Phi) is 2.34. The molecule has 1 heterocycles. The minimum absolute atomic E-state index is 0.0730. The van der Waals surface area contributed by atoms with E-state index in [0.717, 1.165) is 12.1 Å². The third-order valence-corrected chi connectivity index (χ3v) is 2.27. The summed E-state index contributed by atoms with van der Waals surface area (Å²) in [6.45, 7) is 0. The zero-order chi connectivity index (χ0) is 12.8. The quantitative estimate of drug-likeness (QED) is 0.761. The van der Waals surface area contributed by atoms with Crippen molar-refractivity contribution in [1.29, 1.82) is 0 Å². The van der Waals surface area contributed by atoms with Crippen LogP contribution >= 0.6 is 0 Å². The van der Waals surface area contributed by atoms with E-state index < -0.39 is 34.6 Å². The molecular weight excluding hydrogens is 242 g/mol. The largest absolute Gasteiger partial charge is 0.477 e. The molecule has 3 nitrogen and oxygen atoms in total. The summed E-state index contributed by atoms with van der Waals surface area (Å²) in [7, 11) is 0. The molecule has 0 unspecified atom stereocenters. The van der Waals surface area contributed by atoms with Gasteiger partial charge in [-0.2, -0.15) is 13.2 Å². The number of benzene rings is 1. The van der Waals surface area contributed by atoms with Gasteiger partial charge >= 0.3 is 12.1 Å². The summed E-state index contributed by atoms with van der Waals surface area (Å²) in [5.74, 6) is -2.84. The summed E-state index contributed by atoms with van der Waals surface area (Å²) in [5, 5.41) is 8.15. The van der Waals surface area contributed by atoms with Gasteiger partial charge in [-0.1, -0.05) is 0 Å². The highest BCUT2D eigenvalue weighted by Gasteiger charge is 2.36. The van der Waals surface area contributed by atoms with Gasteiger partial charge in [0.15, 0.2) is 0 Å². The summed E-state index contributed by atoms with van der Waals surface area (Å²) in [5.41, 5.74) is -1.95. The van der Waals surface area contributed by atoms with E-state index in [1.807, 2.05) is 0 Å². The van der Waals surface area contributed by atoms with E-state index in [9.17, 15) is 22.4 Å². The molecular formula is C10H5F4NO2. The van der Waals surface area contributed by atoms with E-state index in [0.29, 0.717) is 6.07 Å². The number of alkyl halides is 3. The molecule has 17 heavy (non-hydrogen) atoms. The van der Waals surface area contributed by atoms with Gasteiger partial charge in [0, 0.05) is 10.9 Å². The average Bonchev–Trinajstić information content (AvgIpc) is 2.58. The van der Waals surface area contributed by atoms with E-state index >= 15 is 0 Å². The number of carboxylic acid groups (broad SMARTS) is 1. The molecule has 0 radical (unpaired) electrons. The topological polar surface area (TPSA) is 53.1 Å². The molecule has 0 saturated heterocycles. The van der Waals surface area contributed by atoms with Crippen molar-refractivity contribution < 1.29 is 27.5 Å². The molecule has 90 valence electrons. The van der Waals surface area contributed by atoms with Gasteiger partial charge in [-0.25, -0.2) is 9.18 Å². The van der Waals surface area contributed by atoms with Gasteiger partial charge in [-0.15, -0.1) is 0 Å². The molecule has 2 N–H and O–H groups in total. The van der Waals surface area contributed by atoms with E-state index in [4.69, 9.17) is 5.11 Å². The number of rotatable bonds is 1. The number of nitrogens with one attached hydrogen (secondary N) is 1. The number of halogens is 4. The Bertz CT molecular complexity index is 600. The fourth-order valence-electron chi connectivity index (χ4n) is 1.58. The first-order valence-corrected chi connectivity index (χ1v) is 4.42. The maximum absolute atomic E-state index is 13.1. The van der Waals surface area contributed by atoms with Gasteiger partial charge in [0.25, 0.3) is 0 Å². The summed E-state index contributed by atoms with van der Waals surface area (Å²) < 4.78 is 50.9. The molecule has 0 fully saturated rings. The molecule has 0 saturated carbocycles. The monoisotopic (exact) mass is 247 g/mol. The average molecular weight is 247 g/mol. The molecule has 2 aromatic rings. The van der Waals surface area contributed by atoms with Crippen LogP contribution in [-0.4, -0.2) is 16.1 Å². The standard InChI is InChI=1S/C10H5F4NO2/c11-5-1-2-6-4(8(5)10(12,13)14)3-7(15-6)9(16)17/h1-3,15H,(H,16,17). The molecule has 0 bridgehead atoms. The SMILES string of the molecule is O=C(O)c1cc2c(C(F)(F)F)c(F)ccc2[nH]1. The molecule has 0 spiro atoms. The molecule has 7 heteroatoms. The molecule has 0 atom stereocenters. The maximum Gasteiger partial charge on any atom is 0.419 e. The Hall–Kier alpha value is -2.05. The van der Waals surface area contributed by atoms with Crippen LogP contribution in [0.3, 0.4) is 0 Å². The normalized spacial score (nSPS) is 12.0. The highest BCUT2D eigenvalue weighted by atomic mass is 19.4. The van der Waals surface area contributed by atoms with Crippen LogP contribution in [0.1, 0.15) is 16.1 Å². The van der Waals surface area contributed by atoms with Crippen LogP contribution in [-0.2, 0) is 6.18 Å². The number of fused-ring (bicyclic) bond motifs is 1. The molecule has 0 aliphatic carbocycles. The van der Waals surface area contributed by atoms with Crippen molar-refractivity contribution >= 4 is 16.9 Å². The smallest absolute Gasteiger partial charge is 0.419 e. The number of aromatic amines is 1. The van der Waals surface area contributed by atoms with Gasteiger partial charge in [0.05, 0.1) is 0 Å². The lowest BCUT2D eigenvalue weighted by atomic mass is 10.1. The second kappa shape index (κ2) is 3.47. The molecule has 0 aliphatic rings. The van der Waals surface area contributed by atoms with Crippen LogP contribution in [0.4, 0.5) is 17.6 Å². The zero-order valence-electron chi connectivity index (χ0n) is 8.10. The Morgan fingerprint density at radius 1 is 1.29 bits per heavy atom. The highest BCUT2D eigenvalue weighted by Crippen LogP contribution is 2.37. The fourth-order valence-corrected chi connectivity index (χ4v) is 1.58. The molecule has 0 aliphatic heterocycles. The second-order valence-electron chi connectivity index (χ2n) is 3.37. The number of aromatic carboxylic acids is 1. The Balaban J connectivity index is 2.81. The Labute approximate surface area is 91.7 Å². The maximum atomic E-state index is 13.1. The zero-order valence-corrected chi connectivity index (χ0v) is 8.10. The summed E-state index contributed by atoms with van der Waals surface area (Å²) >= 11 is 0. The van der Waals surface area contributed by atoms with Crippen LogP contribution in [0, 0.1) is 5.82 Å². The van der Waals surface area contributed by atoms with Gasteiger partial charge in [-0.05, 0) is 18.2 Å². The van der Waals surface area contributed by atoms with E-state index in [2.05, 4.69) is 4.98 Å². The number of carboxylic acids is 1. The van der Waals surface area contributed by atoms with Crippen molar-refractivity contribution in [3.05, 3.63) is 35.3 Å². The van der Waals surface area contributed by atoms with Crippen molar-refractivity contribution in [2.75, 3.05) is 0 Å². The summed E-state index contributed by atoms with van der Waals surface area (Å²) in [6, 6.07) is 2.48. The van der Waals surface area contributed by atoms with Crippen LogP contribution in [0.5, 0.6) is 0 Å². The lowest BCUT2D eigenvalue weighted by Gasteiger charge is -2.08. The predicted molar refractivity (Wildman–Crippen MR) is 50.2 cm³/mol. The molecule has 2 rings (SSSR count). The Morgan fingerprint density at radius 2 is 1.94 bits per heavy atom.